The first kappa shape index (κ1) is 14.5. The number of Topliss-reactive ketones (excluding diaryl/α,β-unsaturated/α-hetero) is 1. The quantitative estimate of drug-likeness (QED) is 0.682. The number of carbonyl (C=O) groups excluding carboxylic acids is 2. The summed E-state index contributed by atoms with van der Waals surface area (Å²) in [5, 5.41) is 0. The van der Waals surface area contributed by atoms with Crippen LogP contribution in [0.3, 0.4) is 0 Å². The van der Waals surface area contributed by atoms with Crippen molar-refractivity contribution in [3.63, 3.8) is 0 Å². The number of carbonyl (C=O) groups is 2. The van der Waals surface area contributed by atoms with Gasteiger partial charge in [0.1, 0.15) is 11.4 Å². The first-order chi connectivity index (χ1) is 8.74. The Hall–Kier alpha value is -0.860. The number of rotatable bonds is 1. The van der Waals surface area contributed by atoms with Gasteiger partial charge in [-0.1, -0.05) is 6.92 Å². The molecule has 0 N–H and O–H groups in total. The Morgan fingerprint density at radius 3 is 2.58 bits per heavy atom. The van der Waals surface area contributed by atoms with Crippen LogP contribution in [0.4, 0.5) is 0 Å². The van der Waals surface area contributed by atoms with Crippen molar-refractivity contribution in [2.75, 3.05) is 0 Å². The molecule has 2 fully saturated rings. The van der Waals surface area contributed by atoms with Crippen LogP contribution < -0.4 is 0 Å². The summed E-state index contributed by atoms with van der Waals surface area (Å²) >= 11 is 0. The highest BCUT2D eigenvalue weighted by Crippen LogP contribution is 2.52. The molecule has 0 radical (unpaired) electrons. The van der Waals surface area contributed by atoms with E-state index in [0.29, 0.717) is 24.5 Å². The van der Waals surface area contributed by atoms with Gasteiger partial charge in [-0.2, -0.15) is 0 Å². The number of esters is 1. The second-order valence-corrected chi connectivity index (χ2v) is 7.35. The Bertz CT molecular complexity index is 380. The van der Waals surface area contributed by atoms with E-state index in [1.807, 2.05) is 20.8 Å². The van der Waals surface area contributed by atoms with Gasteiger partial charge in [0, 0.05) is 11.8 Å². The van der Waals surface area contributed by atoms with Crippen molar-refractivity contribution in [3.05, 3.63) is 0 Å². The van der Waals surface area contributed by atoms with Crippen molar-refractivity contribution in [1.82, 2.24) is 0 Å². The predicted octanol–water partition coefficient (Wildman–Crippen LogP) is 3.50. The standard InChI is InChI=1S/C16H26O3/c1-11-6-5-7-13(17)16(11)9-8-12(10-16)14(18)19-15(2,3)4/h11-12H,5-10H2,1-4H3/t11-,12-,16-/m0/s1. The number of ether oxygens (including phenoxy) is 1. The highest BCUT2D eigenvalue weighted by Gasteiger charge is 2.51. The fourth-order valence-corrected chi connectivity index (χ4v) is 3.73. The molecule has 19 heavy (non-hydrogen) atoms. The molecule has 0 aliphatic heterocycles. The highest BCUT2D eigenvalue weighted by molar-refractivity contribution is 5.87. The average Bonchev–Trinajstić information content (AvgIpc) is 2.70. The van der Waals surface area contributed by atoms with Crippen molar-refractivity contribution in [3.8, 4) is 0 Å². The van der Waals surface area contributed by atoms with Crippen LogP contribution in [0.2, 0.25) is 0 Å². The van der Waals surface area contributed by atoms with Crippen molar-refractivity contribution in [1.29, 1.82) is 0 Å². The second-order valence-electron chi connectivity index (χ2n) is 7.35. The first-order valence-corrected chi connectivity index (χ1v) is 7.51. The van der Waals surface area contributed by atoms with Crippen LogP contribution in [-0.4, -0.2) is 17.4 Å². The van der Waals surface area contributed by atoms with Crippen LogP contribution in [0.1, 0.15) is 66.2 Å². The third-order valence-electron chi connectivity index (χ3n) is 4.83. The summed E-state index contributed by atoms with van der Waals surface area (Å²) in [5.41, 5.74) is -0.658. The Morgan fingerprint density at radius 1 is 1.32 bits per heavy atom. The Balaban J connectivity index is 2.06. The van der Waals surface area contributed by atoms with Gasteiger partial charge in [0.15, 0.2) is 0 Å². The van der Waals surface area contributed by atoms with E-state index in [9.17, 15) is 9.59 Å². The third kappa shape index (κ3) is 2.85. The maximum Gasteiger partial charge on any atom is 0.309 e. The minimum atomic E-state index is -0.435. The van der Waals surface area contributed by atoms with Gasteiger partial charge < -0.3 is 4.74 Å². The molecular weight excluding hydrogens is 240 g/mol. The van der Waals surface area contributed by atoms with Crippen molar-refractivity contribution >= 4 is 11.8 Å². The summed E-state index contributed by atoms with van der Waals surface area (Å²) < 4.78 is 5.48. The largest absolute Gasteiger partial charge is 0.460 e. The molecule has 0 heterocycles. The molecule has 2 rings (SSSR count). The van der Waals surface area contributed by atoms with Gasteiger partial charge in [-0.15, -0.1) is 0 Å². The summed E-state index contributed by atoms with van der Waals surface area (Å²) in [4.78, 5) is 24.5. The fourth-order valence-electron chi connectivity index (χ4n) is 3.73. The summed E-state index contributed by atoms with van der Waals surface area (Å²) in [6.45, 7) is 7.85. The zero-order valence-electron chi connectivity index (χ0n) is 12.6. The van der Waals surface area contributed by atoms with Crippen LogP contribution in [0, 0.1) is 17.3 Å². The minimum Gasteiger partial charge on any atom is -0.460 e. The lowest BCUT2D eigenvalue weighted by atomic mass is 9.65. The molecule has 0 aromatic heterocycles. The Morgan fingerprint density at radius 2 is 2.00 bits per heavy atom. The van der Waals surface area contributed by atoms with E-state index in [0.717, 1.165) is 25.7 Å². The molecule has 0 unspecified atom stereocenters. The predicted molar refractivity (Wildman–Crippen MR) is 73.6 cm³/mol. The molecule has 0 saturated heterocycles. The first-order valence-electron chi connectivity index (χ1n) is 7.51. The van der Waals surface area contributed by atoms with E-state index >= 15 is 0 Å². The van der Waals surface area contributed by atoms with E-state index < -0.39 is 5.60 Å². The van der Waals surface area contributed by atoms with Gasteiger partial charge in [-0.05, 0) is 58.8 Å². The van der Waals surface area contributed by atoms with E-state index in [1.54, 1.807) is 0 Å². The van der Waals surface area contributed by atoms with Gasteiger partial charge in [0.25, 0.3) is 0 Å². The fraction of sp³-hybridized carbons (Fsp3) is 0.875. The molecular formula is C16H26O3. The molecule has 2 aliphatic carbocycles. The van der Waals surface area contributed by atoms with Crippen molar-refractivity contribution in [2.45, 2.75) is 71.8 Å². The highest BCUT2D eigenvalue weighted by atomic mass is 16.6. The lowest BCUT2D eigenvalue weighted by Crippen LogP contribution is -2.39. The van der Waals surface area contributed by atoms with E-state index in [2.05, 4.69) is 6.92 Å². The third-order valence-corrected chi connectivity index (χ3v) is 4.83. The maximum atomic E-state index is 12.3. The molecule has 0 amide bonds. The lowest BCUT2D eigenvalue weighted by Gasteiger charge is -2.38. The number of hydrogen-bond donors (Lipinski definition) is 0. The smallest absolute Gasteiger partial charge is 0.309 e. The van der Waals surface area contributed by atoms with E-state index in [1.165, 1.54) is 0 Å². The van der Waals surface area contributed by atoms with Gasteiger partial charge in [0.2, 0.25) is 0 Å². The zero-order valence-corrected chi connectivity index (χ0v) is 12.6. The van der Waals surface area contributed by atoms with Crippen LogP contribution in [-0.2, 0) is 14.3 Å². The Labute approximate surface area is 116 Å². The summed E-state index contributed by atoms with van der Waals surface area (Å²) in [6, 6.07) is 0. The molecule has 3 heteroatoms. The molecule has 3 nitrogen and oxygen atoms in total. The number of hydrogen-bond acceptors (Lipinski definition) is 3. The zero-order chi connectivity index (χ0) is 14.3. The molecule has 1 spiro atoms. The monoisotopic (exact) mass is 266 g/mol. The van der Waals surface area contributed by atoms with E-state index in [4.69, 9.17) is 4.74 Å². The molecule has 108 valence electrons. The van der Waals surface area contributed by atoms with Gasteiger partial charge in [-0.3, -0.25) is 9.59 Å². The van der Waals surface area contributed by atoms with Gasteiger partial charge >= 0.3 is 5.97 Å². The van der Waals surface area contributed by atoms with Crippen LogP contribution >= 0.6 is 0 Å². The molecule has 0 aromatic carbocycles. The molecule has 2 aliphatic rings. The van der Waals surface area contributed by atoms with Gasteiger partial charge in [0.05, 0.1) is 5.92 Å². The molecule has 3 atom stereocenters. The summed E-state index contributed by atoms with van der Waals surface area (Å²) in [6.07, 6.45) is 5.22. The summed E-state index contributed by atoms with van der Waals surface area (Å²) in [5.74, 6) is 0.608. The molecule has 2 saturated carbocycles. The van der Waals surface area contributed by atoms with E-state index in [-0.39, 0.29) is 17.3 Å². The van der Waals surface area contributed by atoms with Crippen LogP contribution in [0.5, 0.6) is 0 Å². The normalized spacial score (nSPS) is 35.7. The molecule has 0 bridgehead atoms. The minimum absolute atomic E-state index is 0.0799. The average molecular weight is 266 g/mol. The Kier molecular flexibility index (Phi) is 3.76. The second kappa shape index (κ2) is 4.92. The SMILES string of the molecule is C[C@H]1CCCC(=O)[C@]12CC[C@H](C(=O)OC(C)(C)C)C2. The van der Waals surface area contributed by atoms with Crippen molar-refractivity contribution < 1.29 is 14.3 Å². The van der Waals surface area contributed by atoms with Crippen LogP contribution in [0.25, 0.3) is 0 Å². The van der Waals surface area contributed by atoms with Crippen LogP contribution in [0.15, 0.2) is 0 Å². The van der Waals surface area contributed by atoms with Gasteiger partial charge in [-0.25, -0.2) is 0 Å². The molecule has 0 aromatic rings. The lowest BCUT2D eigenvalue weighted by molar-refractivity contribution is -0.160. The summed E-state index contributed by atoms with van der Waals surface area (Å²) in [7, 11) is 0. The maximum absolute atomic E-state index is 12.3. The topological polar surface area (TPSA) is 43.4 Å². The van der Waals surface area contributed by atoms with Crippen molar-refractivity contribution in [2.24, 2.45) is 17.3 Å². The number of ketones is 1.